The van der Waals surface area contributed by atoms with Crippen LogP contribution in [0.3, 0.4) is 0 Å². The van der Waals surface area contributed by atoms with Crippen molar-refractivity contribution in [2.75, 3.05) is 13.7 Å². The van der Waals surface area contributed by atoms with E-state index < -0.39 is 10.2 Å². The summed E-state index contributed by atoms with van der Waals surface area (Å²) in [6.45, 7) is 2.93. The van der Waals surface area contributed by atoms with Gasteiger partial charge in [-0.2, -0.15) is 13.1 Å². The largest absolute Gasteiger partial charge is 0.495 e. The molecule has 1 atom stereocenters. The Bertz CT molecular complexity index is 1300. The molecule has 2 aromatic heterocycles. The summed E-state index contributed by atoms with van der Waals surface area (Å²) < 4.78 is 40.3. The van der Waals surface area contributed by atoms with Gasteiger partial charge in [0.05, 0.1) is 37.2 Å². The van der Waals surface area contributed by atoms with Crippen molar-refractivity contribution in [2.45, 2.75) is 45.3 Å². The average molecular weight is 471 g/mol. The maximum Gasteiger partial charge on any atom is 0.323 e. The molecule has 1 fully saturated rings. The van der Waals surface area contributed by atoms with Crippen molar-refractivity contribution in [3.8, 4) is 22.7 Å². The van der Waals surface area contributed by atoms with Gasteiger partial charge in [0.25, 0.3) is 0 Å². The number of aromatic nitrogens is 5. The first-order chi connectivity index (χ1) is 15.9. The molecule has 1 unspecified atom stereocenters. The summed E-state index contributed by atoms with van der Waals surface area (Å²) in [5.41, 5.74) is 3.28. The molecule has 1 N–H and O–H groups in total. The molecule has 0 spiro atoms. The Morgan fingerprint density at radius 2 is 2.09 bits per heavy atom. The van der Waals surface area contributed by atoms with Crippen LogP contribution in [-0.4, -0.2) is 63.5 Å². The van der Waals surface area contributed by atoms with E-state index in [4.69, 9.17) is 4.74 Å². The molecule has 0 aliphatic carbocycles. The molecule has 174 valence electrons. The molecule has 0 amide bonds. The summed E-state index contributed by atoms with van der Waals surface area (Å²) in [5.74, 6) is 1.17. The molecule has 12 heteroatoms. The van der Waals surface area contributed by atoms with Gasteiger partial charge in [-0.3, -0.25) is 0 Å². The number of nitrogens with one attached hydrogen (secondary N) is 1. The molecule has 3 aromatic rings. The van der Waals surface area contributed by atoms with Crippen LogP contribution in [-0.2, 0) is 16.8 Å². The van der Waals surface area contributed by atoms with Gasteiger partial charge >= 0.3 is 10.2 Å². The number of amidine groups is 1. The highest BCUT2D eigenvalue weighted by molar-refractivity contribution is 7.88. The first-order valence-corrected chi connectivity index (χ1v) is 12.3. The highest BCUT2D eigenvalue weighted by atomic mass is 32.2. The predicted octanol–water partition coefficient (Wildman–Crippen LogP) is 1.90. The van der Waals surface area contributed by atoms with Crippen LogP contribution in [0, 0.1) is 6.92 Å². The molecule has 0 bridgehead atoms. The molecule has 0 saturated carbocycles. The van der Waals surface area contributed by atoms with Crippen LogP contribution in [0.25, 0.3) is 16.9 Å². The van der Waals surface area contributed by atoms with E-state index >= 15 is 0 Å². The van der Waals surface area contributed by atoms with Crippen LogP contribution in [0.4, 0.5) is 0 Å². The molecule has 4 heterocycles. The quantitative estimate of drug-likeness (QED) is 0.605. The van der Waals surface area contributed by atoms with Gasteiger partial charge in [0, 0.05) is 18.3 Å². The molecule has 33 heavy (non-hydrogen) atoms. The fraction of sp³-hybridized carbons (Fsp3) is 0.429. The Labute approximate surface area is 192 Å². The van der Waals surface area contributed by atoms with Crippen molar-refractivity contribution in [1.82, 2.24) is 34.2 Å². The van der Waals surface area contributed by atoms with Gasteiger partial charge < -0.3 is 14.2 Å². The van der Waals surface area contributed by atoms with Gasteiger partial charge in [-0.05, 0) is 38.3 Å². The SMILES string of the molecule is COc1cc(-c2cn(CC3=NS(=O)(=O)NC4CCCCCN34)nn2)ccc1-n1cnc(C)c1. The zero-order valence-electron chi connectivity index (χ0n) is 18.5. The lowest BCUT2D eigenvalue weighted by Gasteiger charge is -2.35. The van der Waals surface area contributed by atoms with Crippen LogP contribution in [0.2, 0.25) is 0 Å². The number of nitrogens with zero attached hydrogens (tertiary/aromatic N) is 7. The molecule has 2 aliphatic heterocycles. The van der Waals surface area contributed by atoms with Gasteiger partial charge in [-0.1, -0.05) is 17.7 Å². The number of imidazole rings is 1. The van der Waals surface area contributed by atoms with Crippen LogP contribution < -0.4 is 9.46 Å². The van der Waals surface area contributed by atoms with Crippen molar-refractivity contribution >= 4 is 16.0 Å². The standard InChI is InChI=1S/C21H26N8O3S/c1-15-11-27(14-22-15)18-8-7-16(10-19(18)32-2)17-12-28(26-23-17)13-21-25-33(30,31)24-20-6-4-3-5-9-29(20)21/h7-8,10-12,14,20,24H,3-6,9,13H2,1-2H3. The average Bonchev–Trinajstić information content (AvgIpc) is 3.36. The lowest BCUT2D eigenvalue weighted by atomic mass is 10.1. The number of hydrogen-bond acceptors (Lipinski definition) is 7. The summed E-state index contributed by atoms with van der Waals surface area (Å²) in [5, 5.41) is 8.52. The lowest BCUT2D eigenvalue weighted by molar-refractivity contribution is 0.284. The summed E-state index contributed by atoms with van der Waals surface area (Å²) in [6, 6.07) is 5.79. The van der Waals surface area contributed by atoms with Crippen LogP contribution >= 0.6 is 0 Å². The summed E-state index contributed by atoms with van der Waals surface area (Å²) >= 11 is 0. The zero-order valence-corrected chi connectivity index (χ0v) is 19.4. The number of benzene rings is 1. The molecular weight excluding hydrogens is 444 g/mol. The maximum atomic E-state index is 12.3. The Hall–Kier alpha value is -3.25. The van der Waals surface area contributed by atoms with Gasteiger partial charge in [0.15, 0.2) is 0 Å². The number of hydrogen-bond donors (Lipinski definition) is 1. The third kappa shape index (κ3) is 4.48. The van der Waals surface area contributed by atoms with Gasteiger partial charge in [0.2, 0.25) is 0 Å². The topological polar surface area (TPSA) is 120 Å². The number of aryl methyl sites for hydroxylation is 1. The first kappa shape index (κ1) is 21.6. The number of ether oxygens (including phenoxy) is 1. The molecule has 1 aromatic carbocycles. The van der Waals surface area contributed by atoms with Gasteiger partial charge in [-0.15, -0.1) is 9.50 Å². The van der Waals surface area contributed by atoms with Crippen molar-refractivity contribution < 1.29 is 13.2 Å². The Morgan fingerprint density at radius 3 is 2.88 bits per heavy atom. The Kier molecular flexibility index (Phi) is 5.62. The lowest BCUT2D eigenvalue weighted by Crippen LogP contribution is -2.55. The minimum Gasteiger partial charge on any atom is -0.495 e. The third-order valence-corrected chi connectivity index (χ3v) is 6.92. The summed E-state index contributed by atoms with van der Waals surface area (Å²) in [6.07, 6.45) is 9.04. The van der Waals surface area contributed by atoms with Crippen molar-refractivity contribution in [3.05, 3.63) is 42.6 Å². The molecule has 0 radical (unpaired) electrons. The number of fused-ring (bicyclic) bond motifs is 1. The minimum absolute atomic E-state index is 0.230. The van der Waals surface area contributed by atoms with E-state index in [0.717, 1.165) is 49.2 Å². The molecule has 1 saturated heterocycles. The van der Waals surface area contributed by atoms with E-state index in [-0.39, 0.29) is 12.7 Å². The second-order valence-electron chi connectivity index (χ2n) is 8.27. The third-order valence-electron chi connectivity index (χ3n) is 5.90. The zero-order chi connectivity index (χ0) is 23.0. The van der Waals surface area contributed by atoms with Gasteiger partial charge in [0.1, 0.15) is 23.8 Å². The van der Waals surface area contributed by atoms with E-state index in [0.29, 0.717) is 17.3 Å². The van der Waals surface area contributed by atoms with Crippen molar-refractivity contribution in [3.63, 3.8) is 0 Å². The summed E-state index contributed by atoms with van der Waals surface area (Å²) in [4.78, 5) is 6.31. The monoisotopic (exact) mass is 470 g/mol. The second-order valence-corrected chi connectivity index (χ2v) is 9.64. The molecule has 11 nitrogen and oxygen atoms in total. The van der Waals surface area contributed by atoms with E-state index in [2.05, 4.69) is 24.4 Å². The van der Waals surface area contributed by atoms with Crippen molar-refractivity contribution in [2.24, 2.45) is 4.40 Å². The Morgan fingerprint density at radius 1 is 1.21 bits per heavy atom. The fourth-order valence-corrected chi connectivity index (χ4v) is 5.39. The predicted molar refractivity (Wildman–Crippen MR) is 122 cm³/mol. The number of methoxy groups -OCH3 is 1. The van der Waals surface area contributed by atoms with Crippen LogP contribution in [0.1, 0.15) is 31.4 Å². The Balaban J connectivity index is 1.40. The van der Waals surface area contributed by atoms with E-state index in [9.17, 15) is 8.42 Å². The van der Waals surface area contributed by atoms with Crippen LogP contribution in [0.15, 0.2) is 41.3 Å². The molecular formula is C21H26N8O3S. The normalized spacial score (nSPS) is 20.1. The number of rotatable bonds is 5. The minimum atomic E-state index is -3.71. The highest BCUT2D eigenvalue weighted by Gasteiger charge is 2.33. The highest BCUT2D eigenvalue weighted by Crippen LogP contribution is 2.29. The van der Waals surface area contributed by atoms with E-state index in [1.54, 1.807) is 24.3 Å². The van der Waals surface area contributed by atoms with E-state index in [1.807, 2.05) is 40.8 Å². The van der Waals surface area contributed by atoms with Gasteiger partial charge in [-0.25, -0.2) is 9.67 Å². The first-order valence-electron chi connectivity index (χ1n) is 10.9. The fourth-order valence-electron chi connectivity index (χ4n) is 4.30. The summed E-state index contributed by atoms with van der Waals surface area (Å²) in [7, 11) is -2.09. The maximum absolute atomic E-state index is 12.3. The molecule has 5 rings (SSSR count). The van der Waals surface area contributed by atoms with Crippen LogP contribution in [0.5, 0.6) is 5.75 Å². The smallest absolute Gasteiger partial charge is 0.323 e. The molecule has 2 aliphatic rings. The van der Waals surface area contributed by atoms with E-state index in [1.165, 1.54) is 0 Å². The second kappa shape index (κ2) is 8.60. The van der Waals surface area contributed by atoms with Crippen molar-refractivity contribution in [1.29, 1.82) is 0 Å².